The van der Waals surface area contributed by atoms with Crippen LogP contribution in [0.5, 0.6) is 0 Å². The molecule has 0 saturated carbocycles. The van der Waals surface area contributed by atoms with Gasteiger partial charge >= 0.3 is 0 Å². The molecule has 0 rings (SSSR count). The lowest BCUT2D eigenvalue weighted by Crippen LogP contribution is -2.12. The summed E-state index contributed by atoms with van der Waals surface area (Å²) in [6.45, 7) is 1.48. The van der Waals surface area contributed by atoms with Crippen molar-refractivity contribution in [2.24, 2.45) is 0 Å². The van der Waals surface area contributed by atoms with Crippen LogP contribution in [0.2, 0.25) is 0 Å². The first-order valence-electron chi connectivity index (χ1n) is 3.53. The van der Waals surface area contributed by atoms with E-state index >= 15 is 0 Å². The average Bonchev–Trinajstić information content (AvgIpc) is 1.80. The molecule has 0 amide bonds. The topological polar surface area (TPSA) is 23.5 Å². The molecule has 56 valence electrons. The van der Waals surface area contributed by atoms with Crippen molar-refractivity contribution in [2.45, 2.75) is 19.3 Å². The summed E-state index contributed by atoms with van der Waals surface area (Å²) in [6, 6.07) is 0. The van der Waals surface area contributed by atoms with Gasteiger partial charge < -0.3 is 10.0 Å². The predicted octanol–water partition coefficient (Wildman–Crippen LogP) is 0.711. The minimum absolute atomic E-state index is 0.341. The first-order chi connectivity index (χ1) is 4.27. The maximum Gasteiger partial charge on any atom is 0.0431 e. The highest BCUT2D eigenvalue weighted by Crippen LogP contribution is 1.93. The van der Waals surface area contributed by atoms with Gasteiger partial charge in [0, 0.05) is 6.61 Å². The van der Waals surface area contributed by atoms with Gasteiger partial charge in [-0.2, -0.15) is 0 Å². The normalized spacial score (nSPS) is 10.7. The molecule has 0 aliphatic carbocycles. The molecular formula is C7H17NO. The SMILES string of the molecule is CN(C)CCCCCO. The molecule has 2 nitrogen and oxygen atoms in total. The van der Waals surface area contributed by atoms with Gasteiger partial charge in [-0.05, 0) is 39.9 Å². The van der Waals surface area contributed by atoms with E-state index in [1.54, 1.807) is 0 Å². The molecule has 0 bridgehead atoms. The molecule has 0 aliphatic rings. The number of hydrogen-bond acceptors (Lipinski definition) is 2. The maximum atomic E-state index is 8.42. The van der Waals surface area contributed by atoms with E-state index in [9.17, 15) is 0 Å². The molecule has 2 heteroatoms. The molecular weight excluding hydrogens is 114 g/mol. The monoisotopic (exact) mass is 131 g/mol. The van der Waals surface area contributed by atoms with Crippen molar-refractivity contribution < 1.29 is 5.11 Å². The van der Waals surface area contributed by atoms with Crippen molar-refractivity contribution in [2.75, 3.05) is 27.2 Å². The molecule has 0 radical (unpaired) electrons. The molecule has 0 unspecified atom stereocenters. The molecule has 0 saturated heterocycles. The lowest BCUT2D eigenvalue weighted by Gasteiger charge is -2.07. The van der Waals surface area contributed by atoms with Crippen LogP contribution < -0.4 is 0 Å². The summed E-state index contributed by atoms with van der Waals surface area (Å²) in [7, 11) is 4.14. The smallest absolute Gasteiger partial charge is 0.0431 e. The molecule has 0 aromatic carbocycles. The van der Waals surface area contributed by atoms with Crippen LogP contribution in [-0.2, 0) is 0 Å². The fourth-order valence-electron chi connectivity index (χ4n) is 0.717. The van der Waals surface area contributed by atoms with E-state index < -0.39 is 0 Å². The van der Waals surface area contributed by atoms with Gasteiger partial charge in [-0.25, -0.2) is 0 Å². The maximum absolute atomic E-state index is 8.42. The quantitative estimate of drug-likeness (QED) is 0.555. The largest absolute Gasteiger partial charge is 0.396 e. The van der Waals surface area contributed by atoms with Crippen LogP contribution >= 0.6 is 0 Å². The third-order valence-electron chi connectivity index (χ3n) is 1.26. The Morgan fingerprint density at radius 3 is 2.22 bits per heavy atom. The minimum atomic E-state index is 0.341. The van der Waals surface area contributed by atoms with Crippen molar-refractivity contribution in [1.82, 2.24) is 4.90 Å². The second-order valence-electron chi connectivity index (χ2n) is 2.59. The van der Waals surface area contributed by atoms with Gasteiger partial charge in [-0.3, -0.25) is 0 Å². The summed E-state index contributed by atoms with van der Waals surface area (Å²) in [6.07, 6.45) is 3.30. The van der Waals surface area contributed by atoms with Crippen LogP contribution in [0.15, 0.2) is 0 Å². The molecule has 0 aromatic rings. The van der Waals surface area contributed by atoms with Crippen LogP contribution in [0.1, 0.15) is 19.3 Å². The molecule has 1 N–H and O–H groups in total. The number of nitrogens with zero attached hydrogens (tertiary/aromatic N) is 1. The number of rotatable bonds is 5. The first-order valence-corrected chi connectivity index (χ1v) is 3.53. The number of aliphatic hydroxyl groups excluding tert-OH is 1. The Labute approximate surface area is 57.5 Å². The van der Waals surface area contributed by atoms with E-state index in [4.69, 9.17) is 5.11 Å². The Balaban J connectivity index is 2.75. The fourth-order valence-corrected chi connectivity index (χ4v) is 0.717. The fraction of sp³-hybridized carbons (Fsp3) is 1.00. The Bertz CT molecular complexity index is 54.9. The van der Waals surface area contributed by atoms with Crippen molar-refractivity contribution in [3.05, 3.63) is 0 Å². The molecule has 0 spiro atoms. The van der Waals surface area contributed by atoms with E-state index in [2.05, 4.69) is 19.0 Å². The zero-order valence-electron chi connectivity index (χ0n) is 6.43. The van der Waals surface area contributed by atoms with E-state index in [0.29, 0.717) is 6.61 Å². The van der Waals surface area contributed by atoms with Crippen LogP contribution in [0, 0.1) is 0 Å². The van der Waals surface area contributed by atoms with Crippen LogP contribution in [0.3, 0.4) is 0 Å². The Morgan fingerprint density at radius 2 is 1.78 bits per heavy atom. The predicted molar refractivity (Wildman–Crippen MR) is 39.5 cm³/mol. The number of unbranched alkanes of at least 4 members (excludes halogenated alkanes) is 2. The molecule has 0 aromatic heterocycles. The Hall–Kier alpha value is -0.0800. The average molecular weight is 131 g/mol. The highest BCUT2D eigenvalue weighted by molar-refractivity contribution is 4.44. The zero-order chi connectivity index (χ0) is 7.11. The molecule has 0 atom stereocenters. The Kier molecular flexibility index (Phi) is 5.99. The van der Waals surface area contributed by atoms with Crippen LogP contribution in [0.4, 0.5) is 0 Å². The number of hydrogen-bond donors (Lipinski definition) is 1. The van der Waals surface area contributed by atoms with E-state index in [0.717, 1.165) is 19.4 Å². The van der Waals surface area contributed by atoms with Gasteiger partial charge in [0.1, 0.15) is 0 Å². The van der Waals surface area contributed by atoms with Crippen molar-refractivity contribution in [1.29, 1.82) is 0 Å². The van der Waals surface area contributed by atoms with E-state index in [1.807, 2.05) is 0 Å². The van der Waals surface area contributed by atoms with Gasteiger partial charge in [0.25, 0.3) is 0 Å². The number of aliphatic hydroxyl groups is 1. The van der Waals surface area contributed by atoms with Crippen molar-refractivity contribution >= 4 is 0 Å². The van der Waals surface area contributed by atoms with Crippen LogP contribution in [-0.4, -0.2) is 37.3 Å². The third-order valence-corrected chi connectivity index (χ3v) is 1.26. The van der Waals surface area contributed by atoms with Gasteiger partial charge in [0.15, 0.2) is 0 Å². The first kappa shape index (κ1) is 8.92. The second-order valence-corrected chi connectivity index (χ2v) is 2.59. The lowest BCUT2D eigenvalue weighted by atomic mass is 10.2. The second kappa shape index (κ2) is 6.05. The summed E-state index contributed by atoms with van der Waals surface area (Å²) < 4.78 is 0. The van der Waals surface area contributed by atoms with E-state index in [1.165, 1.54) is 6.42 Å². The standard InChI is InChI=1S/C7H17NO/c1-8(2)6-4-3-5-7-9/h9H,3-7H2,1-2H3. The highest BCUT2D eigenvalue weighted by atomic mass is 16.2. The molecule has 0 heterocycles. The van der Waals surface area contributed by atoms with Crippen molar-refractivity contribution in [3.63, 3.8) is 0 Å². The third kappa shape index (κ3) is 7.92. The highest BCUT2D eigenvalue weighted by Gasteiger charge is 1.88. The van der Waals surface area contributed by atoms with Crippen molar-refractivity contribution in [3.8, 4) is 0 Å². The minimum Gasteiger partial charge on any atom is -0.396 e. The molecule has 0 aliphatic heterocycles. The lowest BCUT2D eigenvalue weighted by molar-refractivity contribution is 0.278. The molecule has 0 fully saturated rings. The van der Waals surface area contributed by atoms with Gasteiger partial charge in [0.2, 0.25) is 0 Å². The molecule has 9 heavy (non-hydrogen) atoms. The Morgan fingerprint density at radius 1 is 1.11 bits per heavy atom. The summed E-state index contributed by atoms with van der Waals surface area (Å²) in [5.41, 5.74) is 0. The summed E-state index contributed by atoms with van der Waals surface area (Å²) in [5, 5.41) is 8.42. The van der Waals surface area contributed by atoms with Gasteiger partial charge in [-0.15, -0.1) is 0 Å². The summed E-state index contributed by atoms with van der Waals surface area (Å²) in [4.78, 5) is 2.16. The zero-order valence-corrected chi connectivity index (χ0v) is 6.43. The van der Waals surface area contributed by atoms with E-state index in [-0.39, 0.29) is 0 Å². The van der Waals surface area contributed by atoms with Gasteiger partial charge in [-0.1, -0.05) is 0 Å². The summed E-state index contributed by atoms with van der Waals surface area (Å²) >= 11 is 0. The van der Waals surface area contributed by atoms with Gasteiger partial charge in [0.05, 0.1) is 0 Å². The van der Waals surface area contributed by atoms with Crippen LogP contribution in [0.25, 0.3) is 0 Å². The summed E-state index contributed by atoms with van der Waals surface area (Å²) in [5.74, 6) is 0.